The summed E-state index contributed by atoms with van der Waals surface area (Å²) in [5, 5.41) is 38.2. The van der Waals surface area contributed by atoms with Gasteiger partial charge in [0.05, 0.1) is 19.8 Å². The van der Waals surface area contributed by atoms with Crippen LogP contribution in [-0.2, 0) is 6.54 Å². The van der Waals surface area contributed by atoms with E-state index in [4.69, 9.17) is 15.9 Å². The number of nitrogens with zero attached hydrogens (tertiary/aromatic N) is 9. The lowest BCUT2D eigenvalue weighted by Gasteiger charge is -2.03. The Bertz CT molecular complexity index is 994. The third kappa shape index (κ3) is 8.07. The van der Waals surface area contributed by atoms with Gasteiger partial charge < -0.3 is 10.2 Å². The predicted molar refractivity (Wildman–Crippen MR) is 120 cm³/mol. The minimum atomic E-state index is -1.06. The highest BCUT2D eigenvalue weighted by Crippen LogP contribution is 2.29. The highest BCUT2D eigenvalue weighted by Gasteiger charge is 2.18. The summed E-state index contributed by atoms with van der Waals surface area (Å²) in [6.45, 7) is 5.05. The van der Waals surface area contributed by atoms with E-state index in [1.165, 1.54) is 29.3 Å². The van der Waals surface area contributed by atoms with Crippen molar-refractivity contribution in [1.82, 2.24) is 23.7 Å². The molecule has 0 aliphatic rings. The van der Waals surface area contributed by atoms with Crippen molar-refractivity contribution in [3.63, 3.8) is 0 Å². The molecule has 0 saturated carbocycles. The molecule has 0 bridgehead atoms. The van der Waals surface area contributed by atoms with Gasteiger partial charge in [0.2, 0.25) is 0 Å². The maximum Gasteiger partial charge on any atom is 0.169 e. The Morgan fingerprint density at radius 1 is 1.23 bits per heavy atom. The smallest absolute Gasteiger partial charge is 0.169 e. The van der Waals surface area contributed by atoms with Crippen LogP contribution in [0, 0.1) is 11.3 Å². The van der Waals surface area contributed by atoms with Gasteiger partial charge in [-0.15, -0.1) is 5.10 Å². The molecule has 15 heteroatoms. The van der Waals surface area contributed by atoms with Crippen molar-refractivity contribution in [1.29, 1.82) is 5.26 Å². The van der Waals surface area contributed by atoms with Gasteiger partial charge in [0.15, 0.2) is 6.10 Å². The first kappa shape index (κ1) is 26.1. The van der Waals surface area contributed by atoms with E-state index < -0.39 is 12.2 Å². The first-order chi connectivity index (χ1) is 14.4. The summed E-state index contributed by atoms with van der Waals surface area (Å²) in [6.07, 6.45) is 3.01. The Morgan fingerprint density at radius 2 is 1.83 bits per heavy atom. The highest BCUT2D eigenvalue weighted by molar-refractivity contribution is 9.11. The van der Waals surface area contributed by atoms with Gasteiger partial charge in [0.1, 0.15) is 11.8 Å². The number of nitriles is 1. The maximum atomic E-state index is 9.99. The van der Waals surface area contributed by atoms with Crippen molar-refractivity contribution in [2.75, 3.05) is 6.54 Å². The van der Waals surface area contributed by atoms with Crippen molar-refractivity contribution in [2.24, 2.45) is 5.11 Å². The number of aliphatic hydroxyl groups is 2. The maximum absolute atomic E-state index is 9.99. The molecule has 0 aliphatic heterocycles. The van der Waals surface area contributed by atoms with Crippen LogP contribution in [0.15, 0.2) is 31.3 Å². The van der Waals surface area contributed by atoms with E-state index in [1.807, 2.05) is 6.92 Å². The largest absolute Gasteiger partial charge is 0.382 e. The topological polar surface area (TPSA) is 170 Å². The van der Waals surface area contributed by atoms with Crippen LogP contribution in [0.1, 0.15) is 42.9 Å². The molecule has 30 heavy (non-hydrogen) atoms. The van der Waals surface area contributed by atoms with Gasteiger partial charge in [0.25, 0.3) is 0 Å². The Morgan fingerprint density at radius 3 is 2.20 bits per heavy atom. The fourth-order valence-electron chi connectivity index (χ4n) is 1.71. The van der Waals surface area contributed by atoms with Gasteiger partial charge in [-0.1, -0.05) is 17.3 Å². The van der Waals surface area contributed by atoms with Crippen LogP contribution in [0.4, 0.5) is 0 Å². The van der Waals surface area contributed by atoms with Gasteiger partial charge in [-0.25, -0.2) is 0 Å². The third-order valence-electron chi connectivity index (χ3n) is 3.18. The molecule has 0 spiro atoms. The Balaban J connectivity index is 0.000000259. The van der Waals surface area contributed by atoms with Crippen molar-refractivity contribution < 1.29 is 10.2 Å². The van der Waals surface area contributed by atoms with Crippen LogP contribution in [0.3, 0.4) is 0 Å². The second kappa shape index (κ2) is 14.1. The van der Waals surface area contributed by atoms with Gasteiger partial charge >= 0.3 is 0 Å². The summed E-state index contributed by atoms with van der Waals surface area (Å²) >= 11 is 8.98. The van der Waals surface area contributed by atoms with Crippen LogP contribution >= 0.6 is 54.9 Å². The molecule has 2 unspecified atom stereocenters. The molecule has 2 atom stereocenters. The average Bonchev–Trinajstić information content (AvgIpc) is 3.49. The molecular formula is C15H17Br2N9O2S2. The molecule has 0 aliphatic carbocycles. The Labute approximate surface area is 197 Å². The molecule has 3 rings (SSSR count). The van der Waals surface area contributed by atoms with E-state index in [1.54, 1.807) is 30.1 Å². The van der Waals surface area contributed by atoms with Crippen LogP contribution in [-0.4, -0.2) is 40.5 Å². The fraction of sp³-hybridized carbons (Fsp3) is 0.400. The van der Waals surface area contributed by atoms with Crippen molar-refractivity contribution in [2.45, 2.75) is 32.6 Å². The quantitative estimate of drug-likeness (QED) is 0.196. The first-order valence-corrected chi connectivity index (χ1v) is 11.4. The molecule has 3 heterocycles. The average molecular weight is 579 g/mol. The summed E-state index contributed by atoms with van der Waals surface area (Å²) in [4.78, 5) is 2.48. The summed E-state index contributed by atoms with van der Waals surface area (Å²) in [5.41, 5.74) is 9.32. The van der Waals surface area contributed by atoms with Crippen LogP contribution in [0.5, 0.6) is 0 Å². The van der Waals surface area contributed by atoms with Crippen LogP contribution < -0.4 is 0 Å². The molecule has 0 saturated heterocycles. The zero-order valence-corrected chi connectivity index (χ0v) is 20.6. The standard InChI is InChI=1S/C8H9BrN4OS.C5H3BrN2OS.C2H5N3/c1-2-13-4-6(11-12-13)7(14)5-3-10-15-8(5)9;6-5-3(2-8-10-5)4(9)1-7;1-2-4-5-3/h3-4,7,14H,2H2,1H3;2,4,9H;2H2,1H3. The van der Waals surface area contributed by atoms with E-state index in [-0.39, 0.29) is 0 Å². The zero-order valence-electron chi connectivity index (χ0n) is 15.8. The van der Waals surface area contributed by atoms with Gasteiger partial charge in [-0.05, 0) is 67.4 Å². The number of aliphatic hydroxyl groups excluding tert-OH is 2. The molecule has 3 aromatic rings. The third-order valence-corrected chi connectivity index (χ3v) is 6.18. The monoisotopic (exact) mass is 577 g/mol. The molecule has 0 fully saturated rings. The number of aryl methyl sites for hydroxylation is 1. The van der Waals surface area contributed by atoms with Crippen LogP contribution in [0.25, 0.3) is 10.4 Å². The number of hydrogen-bond donors (Lipinski definition) is 2. The van der Waals surface area contributed by atoms with E-state index in [2.05, 4.69) is 60.9 Å². The molecule has 160 valence electrons. The van der Waals surface area contributed by atoms with Crippen molar-refractivity contribution in [3.05, 3.63) is 53.4 Å². The van der Waals surface area contributed by atoms with E-state index in [0.717, 1.165) is 15.9 Å². The number of hydrogen-bond acceptors (Lipinski definition) is 10. The van der Waals surface area contributed by atoms with Gasteiger partial charge in [-0.3, -0.25) is 4.68 Å². The molecular weight excluding hydrogens is 562 g/mol. The number of halogens is 2. The molecule has 0 aromatic carbocycles. The SMILES string of the molecule is CCN=[N+]=[N-].CCn1cc(C(O)c2cnsc2Br)nn1.N#CC(O)c1cnsc1Br. The molecule has 0 radical (unpaired) electrons. The first-order valence-electron chi connectivity index (χ1n) is 8.26. The Kier molecular flexibility index (Phi) is 12.3. The lowest BCUT2D eigenvalue weighted by Crippen LogP contribution is -1.99. The van der Waals surface area contributed by atoms with Gasteiger partial charge in [0, 0.05) is 41.5 Å². The van der Waals surface area contributed by atoms with E-state index in [0.29, 0.717) is 21.6 Å². The number of aromatic nitrogens is 5. The summed E-state index contributed by atoms with van der Waals surface area (Å²) in [7, 11) is 0. The molecule has 11 nitrogen and oxygen atoms in total. The normalized spacial score (nSPS) is 11.6. The van der Waals surface area contributed by atoms with E-state index >= 15 is 0 Å². The van der Waals surface area contributed by atoms with Crippen molar-refractivity contribution >= 4 is 54.9 Å². The van der Waals surface area contributed by atoms with Crippen LogP contribution in [0.2, 0.25) is 0 Å². The lowest BCUT2D eigenvalue weighted by molar-refractivity contribution is 0.214. The summed E-state index contributed by atoms with van der Waals surface area (Å²) < 4.78 is 11.0. The molecule has 3 aromatic heterocycles. The minimum Gasteiger partial charge on any atom is -0.382 e. The second-order valence-electron chi connectivity index (χ2n) is 5.09. The summed E-state index contributed by atoms with van der Waals surface area (Å²) in [5.74, 6) is 0. The minimum absolute atomic E-state index is 0.535. The highest BCUT2D eigenvalue weighted by atomic mass is 79.9. The van der Waals surface area contributed by atoms with Gasteiger partial charge in [-0.2, -0.15) is 14.0 Å². The lowest BCUT2D eigenvalue weighted by atomic mass is 10.2. The Hall–Kier alpha value is -1.92. The molecule has 2 N–H and O–H groups in total. The predicted octanol–water partition coefficient (Wildman–Crippen LogP) is 4.38. The molecule has 0 amide bonds. The zero-order chi connectivity index (χ0) is 22.5. The number of azide groups is 1. The summed E-state index contributed by atoms with van der Waals surface area (Å²) in [6, 6.07) is 1.70. The van der Waals surface area contributed by atoms with E-state index in [9.17, 15) is 5.11 Å². The number of rotatable bonds is 5. The van der Waals surface area contributed by atoms with Crippen molar-refractivity contribution in [3.8, 4) is 6.07 Å². The second-order valence-corrected chi connectivity index (χ2v) is 9.33. The fourth-order valence-corrected chi connectivity index (χ4v) is 3.90.